The molecule has 0 unspecified atom stereocenters. The quantitative estimate of drug-likeness (QED) is 0.457. The lowest BCUT2D eigenvalue weighted by atomic mass is 9.96. The van der Waals surface area contributed by atoms with Crippen molar-refractivity contribution in [2.45, 2.75) is 24.9 Å². The van der Waals surface area contributed by atoms with E-state index in [4.69, 9.17) is 4.98 Å². The zero-order valence-corrected chi connectivity index (χ0v) is 17.6. The van der Waals surface area contributed by atoms with Crippen LogP contribution in [-0.4, -0.2) is 59.1 Å². The number of piperidine rings is 1. The highest BCUT2D eigenvalue weighted by Crippen LogP contribution is 2.36. The summed E-state index contributed by atoms with van der Waals surface area (Å²) in [5, 5.41) is 9.20. The van der Waals surface area contributed by atoms with Crippen molar-refractivity contribution in [2.24, 2.45) is 0 Å². The van der Waals surface area contributed by atoms with Gasteiger partial charge in [0.15, 0.2) is 0 Å². The molecule has 174 valence electrons. The number of rotatable bonds is 3. The first-order chi connectivity index (χ1) is 16.3. The van der Waals surface area contributed by atoms with E-state index < -0.39 is 18.1 Å². The van der Waals surface area contributed by atoms with Crippen molar-refractivity contribution < 1.29 is 23.1 Å². The smallest absolute Gasteiger partial charge is 0.451 e. The van der Waals surface area contributed by atoms with Crippen molar-refractivity contribution in [3.05, 3.63) is 54.5 Å². The molecule has 1 saturated heterocycles. The van der Waals surface area contributed by atoms with Gasteiger partial charge in [-0.1, -0.05) is 6.07 Å². The maximum Gasteiger partial charge on any atom is 0.451 e. The zero-order chi connectivity index (χ0) is 23.9. The minimum atomic E-state index is -4.69. The van der Waals surface area contributed by atoms with Gasteiger partial charge >= 0.3 is 12.3 Å². The molecule has 1 aliphatic rings. The third-order valence-corrected chi connectivity index (χ3v) is 5.78. The van der Waals surface area contributed by atoms with Gasteiger partial charge in [-0.05, 0) is 31.0 Å². The molecule has 4 heterocycles. The van der Waals surface area contributed by atoms with Gasteiger partial charge in [0.25, 0.3) is 0 Å². The number of hydrogen-bond acceptors (Lipinski definition) is 6. The third kappa shape index (κ3) is 4.14. The van der Waals surface area contributed by atoms with E-state index in [0.29, 0.717) is 59.7 Å². The van der Waals surface area contributed by atoms with Crippen LogP contribution in [0.2, 0.25) is 0 Å². The number of imidazole rings is 1. The monoisotopic (exact) mass is 469 g/mol. The number of fused-ring (bicyclic) bond motifs is 1. The van der Waals surface area contributed by atoms with Crippen LogP contribution in [0.3, 0.4) is 0 Å². The lowest BCUT2D eigenvalue weighted by molar-refractivity contribution is -0.144. The zero-order valence-electron chi connectivity index (χ0n) is 17.6. The second-order valence-electron chi connectivity index (χ2n) is 7.91. The van der Waals surface area contributed by atoms with Crippen molar-refractivity contribution in [1.82, 2.24) is 34.8 Å². The van der Waals surface area contributed by atoms with E-state index in [-0.39, 0.29) is 11.6 Å². The lowest BCUT2D eigenvalue weighted by Gasteiger charge is -2.28. The number of benzene rings is 1. The van der Waals surface area contributed by atoms with Crippen LogP contribution in [-0.2, 0) is 6.18 Å². The molecule has 9 nitrogen and oxygen atoms in total. The summed E-state index contributed by atoms with van der Waals surface area (Å²) in [5.41, 5.74) is 2.73. The molecule has 0 aliphatic carbocycles. The lowest BCUT2D eigenvalue weighted by Crippen LogP contribution is -2.37. The number of hydrogen-bond donors (Lipinski definition) is 2. The fourth-order valence-electron chi connectivity index (χ4n) is 4.07. The van der Waals surface area contributed by atoms with Crippen LogP contribution in [0.4, 0.5) is 18.0 Å². The SMILES string of the molecule is O=C(O)N1CCC(c2nc(-c3ccc4nccnc4c3)c(-c3ccnc(C(F)(F)F)n3)[nH]2)CC1. The molecule has 34 heavy (non-hydrogen) atoms. The summed E-state index contributed by atoms with van der Waals surface area (Å²) in [4.78, 5) is 36.1. The number of nitrogens with zero attached hydrogens (tertiary/aromatic N) is 6. The fourth-order valence-corrected chi connectivity index (χ4v) is 4.07. The van der Waals surface area contributed by atoms with Crippen molar-refractivity contribution in [3.63, 3.8) is 0 Å². The molecule has 0 bridgehead atoms. The normalized spacial score (nSPS) is 15.1. The number of nitrogens with one attached hydrogen (secondary N) is 1. The summed E-state index contributed by atoms with van der Waals surface area (Å²) in [6, 6.07) is 6.70. The van der Waals surface area contributed by atoms with Gasteiger partial charge in [0.2, 0.25) is 5.82 Å². The van der Waals surface area contributed by atoms with Gasteiger partial charge in [-0.3, -0.25) is 9.97 Å². The summed E-state index contributed by atoms with van der Waals surface area (Å²) >= 11 is 0. The average molecular weight is 469 g/mol. The van der Waals surface area contributed by atoms with Crippen LogP contribution in [0.25, 0.3) is 33.7 Å². The summed E-state index contributed by atoms with van der Waals surface area (Å²) in [7, 11) is 0. The Bertz CT molecular complexity index is 1360. The minimum absolute atomic E-state index is 0.0540. The summed E-state index contributed by atoms with van der Waals surface area (Å²) in [5.74, 6) is -0.750. The Balaban J connectivity index is 1.60. The van der Waals surface area contributed by atoms with Crippen LogP contribution in [0.5, 0.6) is 0 Å². The predicted octanol–water partition coefficient (Wildman–Crippen LogP) is 4.35. The number of alkyl halides is 3. The minimum Gasteiger partial charge on any atom is -0.465 e. The molecule has 1 aromatic carbocycles. The van der Waals surface area contributed by atoms with Crippen molar-refractivity contribution in [2.75, 3.05) is 13.1 Å². The maximum absolute atomic E-state index is 13.3. The second kappa shape index (κ2) is 8.36. The number of likely N-dealkylation sites (tertiary alicyclic amines) is 1. The Kier molecular flexibility index (Phi) is 5.34. The Morgan fingerprint density at radius 3 is 2.44 bits per heavy atom. The molecule has 0 spiro atoms. The van der Waals surface area contributed by atoms with Gasteiger partial charge in [-0.25, -0.2) is 19.7 Å². The topological polar surface area (TPSA) is 121 Å². The van der Waals surface area contributed by atoms with Gasteiger partial charge in [-0.15, -0.1) is 0 Å². The molecule has 12 heteroatoms. The highest BCUT2D eigenvalue weighted by Gasteiger charge is 2.35. The van der Waals surface area contributed by atoms with E-state index in [1.807, 2.05) is 0 Å². The molecule has 0 atom stereocenters. The van der Waals surface area contributed by atoms with E-state index in [1.54, 1.807) is 30.6 Å². The summed E-state index contributed by atoms with van der Waals surface area (Å²) in [6.45, 7) is 0.700. The van der Waals surface area contributed by atoms with Crippen LogP contribution in [0, 0.1) is 0 Å². The molecule has 1 aliphatic heterocycles. The molecule has 5 rings (SSSR count). The molecule has 0 radical (unpaired) electrons. The molecule has 4 aromatic rings. The van der Waals surface area contributed by atoms with Gasteiger partial charge < -0.3 is 15.0 Å². The van der Waals surface area contributed by atoms with Crippen LogP contribution in [0.15, 0.2) is 42.9 Å². The molecular weight excluding hydrogens is 451 g/mol. The van der Waals surface area contributed by atoms with Crippen molar-refractivity contribution in [1.29, 1.82) is 0 Å². The number of amides is 1. The number of carboxylic acid groups (broad SMARTS) is 1. The first-order valence-corrected chi connectivity index (χ1v) is 10.5. The maximum atomic E-state index is 13.3. The Morgan fingerprint density at radius 2 is 1.74 bits per heavy atom. The van der Waals surface area contributed by atoms with E-state index in [2.05, 4.69) is 24.9 Å². The number of carbonyl (C=O) groups is 1. The first kappa shape index (κ1) is 21.7. The Hall–Kier alpha value is -4.09. The third-order valence-electron chi connectivity index (χ3n) is 5.78. The second-order valence-corrected chi connectivity index (χ2v) is 7.91. The van der Waals surface area contributed by atoms with E-state index >= 15 is 0 Å². The van der Waals surface area contributed by atoms with Crippen molar-refractivity contribution >= 4 is 17.1 Å². The number of halogens is 3. The van der Waals surface area contributed by atoms with E-state index in [1.165, 1.54) is 11.0 Å². The molecule has 1 fully saturated rings. The van der Waals surface area contributed by atoms with Crippen molar-refractivity contribution in [3.8, 4) is 22.6 Å². The summed E-state index contributed by atoms with van der Waals surface area (Å²) in [6.07, 6.45) is -0.396. The average Bonchev–Trinajstić information content (AvgIpc) is 3.29. The van der Waals surface area contributed by atoms with Crippen LogP contribution < -0.4 is 0 Å². The number of aromatic amines is 1. The van der Waals surface area contributed by atoms with Crippen LogP contribution in [0.1, 0.15) is 30.4 Å². The molecule has 3 aromatic heterocycles. The Labute approximate surface area is 190 Å². The largest absolute Gasteiger partial charge is 0.465 e. The fraction of sp³-hybridized carbons (Fsp3) is 0.273. The van der Waals surface area contributed by atoms with Gasteiger partial charge in [-0.2, -0.15) is 13.2 Å². The van der Waals surface area contributed by atoms with E-state index in [0.717, 1.165) is 6.20 Å². The number of H-pyrrole nitrogens is 1. The Morgan fingerprint density at radius 1 is 1.00 bits per heavy atom. The molecular formula is C22H18F3N7O2. The summed E-state index contributed by atoms with van der Waals surface area (Å²) < 4.78 is 39.8. The van der Waals surface area contributed by atoms with Gasteiger partial charge in [0, 0.05) is 43.2 Å². The molecule has 0 saturated carbocycles. The van der Waals surface area contributed by atoms with Gasteiger partial charge in [0.1, 0.15) is 5.82 Å². The highest BCUT2D eigenvalue weighted by molar-refractivity contribution is 5.84. The molecule has 1 amide bonds. The molecule has 2 N–H and O–H groups in total. The highest BCUT2D eigenvalue weighted by atomic mass is 19.4. The van der Waals surface area contributed by atoms with Crippen LogP contribution >= 0.6 is 0 Å². The van der Waals surface area contributed by atoms with Gasteiger partial charge in [0.05, 0.1) is 28.1 Å². The number of aromatic nitrogens is 6. The van der Waals surface area contributed by atoms with E-state index in [9.17, 15) is 23.1 Å². The first-order valence-electron chi connectivity index (χ1n) is 10.5. The standard InChI is InChI=1S/C22H18F3N7O2/c23-22(24,25)20-28-6-3-15(29-20)18-17(13-1-2-14-16(11-13)27-8-7-26-14)30-19(31-18)12-4-9-32(10-5-12)21(33)34/h1-3,6-8,11-12H,4-5,9-10H2,(H,30,31)(H,33,34). The predicted molar refractivity (Wildman–Crippen MR) is 115 cm³/mol.